The molecule has 0 atom stereocenters. The van der Waals surface area contributed by atoms with E-state index in [0.717, 1.165) is 23.0 Å². The van der Waals surface area contributed by atoms with Crippen LogP contribution >= 0.6 is 12.6 Å². The predicted molar refractivity (Wildman–Crippen MR) is 64.4 cm³/mol. The van der Waals surface area contributed by atoms with Gasteiger partial charge in [-0.1, -0.05) is 25.1 Å². The first kappa shape index (κ1) is 10.2. The van der Waals surface area contributed by atoms with E-state index in [0.29, 0.717) is 5.56 Å². The number of thiol groups is 1. The Labute approximate surface area is 93.7 Å². The van der Waals surface area contributed by atoms with E-state index in [9.17, 15) is 4.79 Å². The van der Waals surface area contributed by atoms with Gasteiger partial charge < -0.3 is 0 Å². The van der Waals surface area contributed by atoms with E-state index in [-0.39, 0.29) is 5.12 Å². The number of nitrogens with zero attached hydrogens (tertiary/aromatic N) is 1. The summed E-state index contributed by atoms with van der Waals surface area (Å²) in [5.41, 5.74) is 2.35. The molecule has 0 unspecified atom stereocenters. The molecular weight excluding hydrogens is 206 g/mol. The minimum Gasteiger partial charge on any atom is -0.282 e. The Morgan fingerprint density at radius 1 is 1.40 bits per heavy atom. The smallest absolute Gasteiger partial charge is 0.218 e. The molecule has 0 aliphatic carbocycles. The molecule has 76 valence electrons. The molecule has 1 aromatic heterocycles. The first-order valence-electron chi connectivity index (χ1n) is 4.84. The third-order valence-electron chi connectivity index (χ3n) is 2.37. The molecule has 15 heavy (non-hydrogen) atoms. The van der Waals surface area contributed by atoms with Crippen LogP contribution in [-0.2, 0) is 6.42 Å². The van der Waals surface area contributed by atoms with Crippen molar-refractivity contribution in [1.29, 1.82) is 0 Å². The van der Waals surface area contributed by atoms with Crippen LogP contribution in [0.2, 0.25) is 0 Å². The van der Waals surface area contributed by atoms with Gasteiger partial charge in [0.2, 0.25) is 5.12 Å². The van der Waals surface area contributed by atoms with E-state index < -0.39 is 0 Å². The van der Waals surface area contributed by atoms with Crippen molar-refractivity contribution in [1.82, 2.24) is 4.98 Å². The van der Waals surface area contributed by atoms with Crippen LogP contribution < -0.4 is 0 Å². The number of pyridine rings is 1. The second kappa shape index (κ2) is 4.03. The highest BCUT2D eigenvalue weighted by atomic mass is 32.1. The topological polar surface area (TPSA) is 30.0 Å². The Morgan fingerprint density at radius 3 is 2.80 bits per heavy atom. The zero-order valence-electron chi connectivity index (χ0n) is 8.40. The highest BCUT2D eigenvalue weighted by Crippen LogP contribution is 2.18. The fourth-order valence-electron chi connectivity index (χ4n) is 1.61. The molecule has 0 amide bonds. The van der Waals surface area contributed by atoms with Crippen LogP contribution in [0.3, 0.4) is 0 Å². The van der Waals surface area contributed by atoms with Gasteiger partial charge >= 0.3 is 0 Å². The van der Waals surface area contributed by atoms with Gasteiger partial charge in [-0.2, -0.15) is 0 Å². The van der Waals surface area contributed by atoms with Crippen molar-refractivity contribution in [2.24, 2.45) is 0 Å². The van der Waals surface area contributed by atoms with Gasteiger partial charge in [0.05, 0.1) is 16.8 Å². The lowest BCUT2D eigenvalue weighted by atomic mass is 10.1. The first-order chi connectivity index (χ1) is 7.22. The largest absolute Gasteiger partial charge is 0.282 e. The van der Waals surface area contributed by atoms with Crippen LogP contribution in [0.25, 0.3) is 10.9 Å². The van der Waals surface area contributed by atoms with Crippen LogP contribution in [0.4, 0.5) is 0 Å². The Morgan fingerprint density at radius 2 is 2.13 bits per heavy atom. The van der Waals surface area contributed by atoms with Gasteiger partial charge in [0, 0.05) is 5.39 Å². The Bertz CT molecular complexity index is 522. The van der Waals surface area contributed by atoms with Crippen molar-refractivity contribution < 1.29 is 4.79 Å². The van der Waals surface area contributed by atoms with Gasteiger partial charge in [0.15, 0.2) is 0 Å². The first-order valence-corrected chi connectivity index (χ1v) is 5.29. The van der Waals surface area contributed by atoms with Gasteiger partial charge in [-0.15, -0.1) is 12.6 Å². The van der Waals surface area contributed by atoms with E-state index in [1.807, 2.05) is 37.3 Å². The molecule has 0 N–H and O–H groups in total. The number of hydrogen-bond donors (Lipinski definition) is 1. The van der Waals surface area contributed by atoms with E-state index in [2.05, 4.69) is 17.6 Å². The highest BCUT2D eigenvalue weighted by Gasteiger charge is 2.09. The molecule has 0 saturated carbocycles. The van der Waals surface area contributed by atoms with Gasteiger partial charge in [0.1, 0.15) is 0 Å². The molecule has 0 radical (unpaired) electrons. The second-order valence-corrected chi connectivity index (χ2v) is 3.74. The molecule has 1 heterocycles. The molecule has 3 heteroatoms. The van der Waals surface area contributed by atoms with Crippen LogP contribution in [0.5, 0.6) is 0 Å². The third kappa shape index (κ3) is 1.88. The Hall–Kier alpha value is -1.35. The average molecular weight is 217 g/mol. The lowest BCUT2D eigenvalue weighted by Gasteiger charge is -2.05. The number of para-hydroxylation sites is 1. The fourth-order valence-corrected chi connectivity index (χ4v) is 1.80. The zero-order valence-corrected chi connectivity index (χ0v) is 9.29. The van der Waals surface area contributed by atoms with Crippen molar-refractivity contribution in [3.05, 3.63) is 41.6 Å². The maximum absolute atomic E-state index is 11.3. The Balaban J connectivity index is 2.74. The Kier molecular flexibility index (Phi) is 2.73. The van der Waals surface area contributed by atoms with Crippen molar-refractivity contribution in [2.75, 3.05) is 0 Å². The number of fused-ring (bicyclic) bond motifs is 1. The van der Waals surface area contributed by atoms with Gasteiger partial charge in [-0.25, -0.2) is 0 Å². The summed E-state index contributed by atoms with van der Waals surface area (Å²) >= 11 is 3.86. The number of carbonyl (C=O) groups excluding carboxylic acids is 1. The lowest BCUT2D eigenvalue weighted by Crippen LogP contribution is -2.00. The molecule has 0 aliphatic rings. The number of aromatic nitrogens is 1. The van der Waals surface area contributed by atoms with Crippen LogP contribution in [0, 0.1) is 0 Å². The monoisotopic (exact) mass is 217 g/mol. The van der Waals surface area contributed by atoms with E-state index >= 15 is 0 Å². The number of benzene rings is 1. The van der Waals surface area contributed by atoms with Crippen molar-refractivity contribution >= 4 is 28.6 Å². The highest BCUT2D eigenvalue weighted by molar-refractivity contribution is 7.97. The normalized spacial score (nSPS) is 10.5. The van der Waals surface area contributed by atoms with Gasteiger partial charge in [-0.05, 0) is 18.6 Å². The predicted octanol–water partition coefficient (Wildman–Crippen LogP) is 2.87. The average Bonchev–Trinajstić information content (AvgIpc) is 2.27. The molecule has 0 fully saturated rings. The molecule has 0 aliphatic heterocycles. The number of rotatable bonds is 2. The summed E-state index contributed by atoms with van der Waals surface area (Å²) in [6.45, 7) is 1.98. The molecule has 0 saturated heterocycles. The van der Waals surface area contributed by atoms with Gasteiger partial charge in [0.25, 0.3) is 0 Å². The van der Waals surface area contributed by atoms with Crippen LogP contribution in [0.15, 0.2) is 30.3 Å². The molecule has 0 bridgehead atoms. The summed E-state index contributed by atoms with van der Waals surface area (Å²) in [6, 6.07) is 9.62. The maximum atomic E-state index is 11.3. The van der Waals surface area contributed by atoms with Crippen molar-refractivity contribution in [3.8, 4) is 0 Å². The summed E-state index contributed by atoms with van der Waals surface area (Å²) in [6.07, 6.45) is 0.743. The summed E-state index contributed by atoms with van der Waals surface area (Å²) in [7, 11) is 0. The molecule has 2 nitrogen and oxygen atoms in total. The third-order valence-corrected chi connectivity index (χ3v) is 2.61. The minimum absolute atomic E-state index is 0.217. The zero-order chi connectivity index (χ0) is 10.8. The quantitative estimate of drug-likeness (QED) is 0.784. The lowest BCUT2D eigenvalue weighted by molar-refractivity contribution is 0.109. The summed E-state index contributed by atoms with van der Waals surface area (Å²) in [4.78, 5) is 15.7. The summed E-state index contributed by atoms with van der Waals surface area (Å²) in [5, 5.41) is 0.761. The van der Waals surface area contributed by atoms with E-state index in [1.54, 1.807) is 0 Å². The van der Waals surface area contributed by atoms with E-state index in [1.165, 1.54) is 0 Å². The fraction of sp³-hybridized carbons (Fsp3) is 0.167. The molecule has 2 rings (SSSR count). The standard InChI is InChI=1S/C12H11NOS/c1-2-10-9(12(14)15)7-8-5-3-4-6-11(8)13-10/h3-7H,2H2,1H3,(H,14,15). The molecular formula is C12H11NOS. The number of carbonyl (C=O) groups is 1. The van der Waals surface area contributed by atoms with E-state index in [4.69, 9.17) is 0 Å². The molecule has 2 aromatic rings. The molecule has 1 aromatic carbocycles. The van der Waals surface area contributed by atoms with Crippen molar-refractivity contribution in [3.63, 3.8) is 0 Å². The van der Waals surface area contributed by atoms with Crippen molar-refractivity contribution in [2.45, 2.75) is 13.3 Å². The van der Waals surface area contributed by atoms with Gasteiger partial charge in [-0.3, -0.25) is 9.78 Å². The second-order valence-electron chi connectivity index (χ2n) is 3.33. The van der Waals surface area contributed by atoms with Crippen LogP contribution in [-0.4, -0.2) is 10.1 Å². The summed E-state index contributed by atoms with van der Waals surface area (Å²) < 4.78 is 0. The number of aryl methyl sites for hydroxylation is 1. The molecule has 0 spiro atoms. The minimum atomic E-state index is -0.217. The SMILES string of the molecule is CCc1nc2ccccc2cc1C(=O)S. The number of hydrogen-bond acceptors (Lipinski definition) is 2. The summed E-state index contributed by atoms with van der Waals surface area (Å²) in [5.74, 6) is 0. The maximum Gasteiger partial charge on any atom is 0.218 e. The van der Waals surface area contributed by atoms with Crippen LogP contribution in [0.1, 0.15) is 23.0 Å².